The van der Waals surface area contributed by atoms with Crippen LogP contribution >= 0.6 is 0 Å². The normalized spacial score (nSPS) is 30.3. The summed E-state index contributed by atoms with van der Waals surface area (Å²) in [6.07, 6.45) is 2.59. The third kappa shape index (κ3) is 2.43. The van der Waals surface area contributed by atoms with E-state index in [2.05, 4.69) is 11.8 Å². The highest BCUT2D eigenvalue weighted by Gasteiger charge is 2.57. The summed E-state index contributed by atoms with van der Waals surface area (Å²) < 4.78 is 24.4. The highest BCUT2D eigenvalue weighted by Crippen LogP contribution is 2.59. The Morgan fingerprint density at radius 3 is 2.68 bits per heavy atom. The maximum absolute atomic E-state index is 12.2. The minimum Gasteiger partial charge on any atom is -0.301 e. The highest BCUT2D eigenvalue weighted by atomic mass is 32.2. The molecule has 1 saturated carbocycles. The summed E-state index contributed by atoms with van der Waals surface area (Å²) in [5, 5.41) is 0. The van der Waals surface area contributed by atoms with E-state index in [-0.39, 0.29) is 5.75 Å². The first-order valence-electron chi connectivity index (χ1n) is 7.06. The second-order valence-electron chi connectivity index (χ2n) is 5.98. The van der Waals surface area contributed by atoms with Crippen LogP contribution in [-0.2, 0) is 9.84 Å². The fraction of sp³-hybridized carbons (Fsp3) is 0.600. The average molecular weight is 279 g/mol. The Bertz CT molecular complexity index is 551. The first-order chi connectivity index (χ1) is 9.06. The molecule has 2 aliphatic rings. The van der Waals surface area contributed by atoms with Crippen LogP contribution in [0.4, 0.5) is 0 Å². The number of fused-ring (bicyclic) bond motifs is 1. The molecule has 0 aromatic heterocycles. The first kappa shape index (κ1) is 13.1. The molecule has 19 heavy (non-hydrogen) atoms. The number of nitrogens with zero attached hydrogens (tertiary/aromatic N) is 1. The van der Waals surface area contributed by atoms with Gasteiger partial charge in [0.1, 0.15) is 0 Å². The molecule has 2 atom stereocenters. The lowest BCUT2D eigenvalue weighted by Gasteiger charge is -2.19. The molecule has 1 aromatic rings. The molecule has 0 radical (unpaired) electrons. The van der Waals surface area contributed by atoms with E-state index in [4.69, 9.17) is 0 Å². The van der Waals surface area contributed by atoms with E-state index in [1.807, 2.05) is 6.07 Å². The maximum Gasteiger partial charge on any atom is 0.179 e. The molecule has 0 amide bonds. The van der Waals surface area contributed by atoms with Crippen LogP contribution in [0.25, 0.3) is 0 Å². The number of likely N-dealkylation sites (tertiary alicyclic amines) is 1. The lowest BCUT2D eigenvalue weighted by Crippen LogP contribution is -2.30. The van der Waals surface area contributed by atoms with Gasteiger partial charge < -0.3 is 4.90 Å². The molecule has 0 spiro atoms. The van der Waals surface area contributed by atoms with Gasteiger partial charge in [0.15, 0.2) is 9.84 Å². The summed E-state index contributed by atoms with van der Waals surface area (Å²) in [6.45, 7) is 5.12. The summed E-state index contributed by atoms with van der Waals surface area (Å²) in [5.74, 6) is 1.07. The maximum atomic E-state index is 12.2. The number of sulfone groups is 1. The van der Waals surface area contributed by atoms with Gasteiger partial charge in [-0.1, -0.05) is 25.1 Å². The van der Waals surface area contributed by atoms with Crippen molar-refractivity contribution < 1.29 is 8.42 Å². The molecular weight excluding hydrogens is 258 g/mol. The fourth-order valence-electron chi connectivity index (χ4n) is 3.42. The van der Waals surface area contributed by atoms with Gasteiger partial charge in [-0.25, -0.2) is 8.42 Å². The van der Waals surface area contributed by atoms with Crippen molar-refractivity contribution in [1.29, 1.82) is 0 Å². The monoisotopic (exact) mass is 279 g/mol. The average Bonchev–Trinajstić information content (AvgIpc) is 3.00. The van der Waals surface area contributed by atoms with Crippen LogP contribution in [0.15, 0.2) is 35.2 Å². The van der Waals surface area contributed by atoms with E-state index in [1.54, 1.807) is 24.3 Å². The summed E-state index contributed by atoms with van der Waals surface area (Å²) in [5.41, 5.74) is 0.538. The molecule has 2 unspecified atom stereocenters. The third-order valence-corrected chi connectivity index (χ3v) is 6.57. The molecule has 1 saturated heterocycles. The van der Waals surface area contributed by atoms with Crippen molar-refractivity contribution in [2.45, 2.75) is 24.7 Å². The minimum atomic E-state index is -3.12. The lowest BCUT2D eigenvalue weighted by molar-refractivity contribution is 0.291. The standard InChI is InChI=1S/C15H21NO2S/c1-2-15-10-13(15)11-16(12-15)8-9-19(17,18)14-6-4-3-5-7-14/h3-7,13H,2,8-12H2,1H3. The molecule has 0 N–H and O–H groups in total. The van der Waals surface area contributed by atoms with E-state index >= 15 is 0 Å². The molecule has 0 bridgehead atoms. The number of benzene rings is 1. The Morgan fingerprint density at radius 1 is 1.32 bits per heavy atom. The summed E-state index contributed by atoms with van der Waals surface area (Å²) in [7, 11) is -3.12. The molecule has 3 nitrogen and oxygen atoms in total. The Kier molecular flexibility index (Phi) is 3.18. The number of hydrogen-bond acceptors (Lipinski definition) is 3. The van der Waals surface area contributed by atoms with Crippen molar-refractivity contribution in [3.63, 3.8) is 0 Å². The van der Waals surface area contributed by atoms with Gasteiger partial charge in [-0.3, -0.25) is 0 Å². The molecule has 1 aliphatic carbocycles. The van der Waals surface area contributed by atoms with E-state index in [0.29, 0.717) is 16.9 Å². The van der Waals surface area contributed by atoms with Crippen LogP contribution in [-0.4, -0.2) is 38.7 Å². The summed E-state index contributed by atoms with van der Waals surface area (Å²) in [6, 6.07) is 8.78. The van der Waals surface area contributed by atoms with Crippen molar-refractivity contribution >= 4 is 9.84 Å². The zero-order valence-electron chi connectivity index (χ0n) is 11.4. The van der Waals surface area contributed by atoms with Gasteiger partial charge in [0.25, 0.3) is 0 Å². The predicted octanol–water partition coefficient (Wildman–Crippen LogP) is 2.19. The zero-order valence-corrected chi connectivity index (χ0v) is 12.2. The van der Waals surface area contributed by atoms with Crippen LogP contribution in [0.3, 0.4) is 0 Å². The van der Waals surface area contributed by atoms with Crippen molar-refractivity contribution in [3.05, 3.63) is 30.3 Å². The van der Waals surface area contributed by atoms with Crippen LogP contribution in [0, 0.1) is 11.3 Å². The number of rotatable bonds is 5. The van der Waals surface area contributed by atoms with Gasteiger partial charge in [0, 0.05) is 19.6 Å². The second-order valence-corrected chi connectivity index (χ2v) is 8.09. The van der Waals surface area contributed by atoms with Crippen LogP contribution < -0.4 is 0 Å². The van der Waals surface area contributed by atoms with Crippen molar-refractivity contribution in [1.82, 2.24) is 4.90 Å². The van der Waals surface area contributed by atoms with E-state index in [0.717, 1.165) is 19.0 Å². The molecule has 3 rings (SSSR count). The van der Waals surface area contributed by atoms with Gasteiger partial charge in [-0.15, -0.1) is 0 Å². The molecule has 1 aromatic carbocycles. The smallest absolute Gasteiger partial charge is 0.179 e. The lowest BCUT2D eigenvalue weighted by atomic mass is 10.0. The topological polar surface area (TPSA) is 37.4 Å². The first-order valence-corrected chi connectivity index (χ1v) is 8.71. The Balaban J connectivity index is 1.59. The zero-order chi connectivity index (χ0) is 13.5. The molecule has 2 fully saturated rings. The molecule has 1 aliphatic heterocycles. The second kappa shape index (κ2) is 4.60. The van der Waals surface area contributed by atoms with Crippen LogP contribution in [0.1, 0.15) is 19.8 Å². The Labute approximate surface area is 115 Å². The van der Waals surface area contributed by atoms with E-state index in [9.17, 15) is 8.42 Å². The van der Waals surface area contributed by atoms with Gasteiger partial charge >= 0.3 is 0 Å². The molecule has 1 heterocycles. The van der Waals surface area contributed by atoms with E-state index < -0.39 is 9.84 Å². The molecule has 104 valence electrons. The fourth-order valence-corrected chi connectivity index (χ4v) is 4.72. The highest BCUT2D eigenvalue weighted by molar-refractivity contribution is 7.91. The van der Waals surface area contributed by atoms with Crippen molar-refractivity contribution in [3.8, 4) is 0 Å². The Morgan fingerprint density at radius 2 is 2.05 bits per heavy atom. The number of piperidine rings is 1. The van der Waals surface area contributed by atoms with Crippen LogP contribution in [0.5, 0.6) is 0 Å². The van der Waals surface area contributed by atoms with Crippen molar-refractivity contribution in [2.24, 2.45) is 11.3 Å². The van der Waals surface area contributed by atoms with E-state index in [1.165, 1.54) is 12.8 Å². The summed E-state index contributed by atoms with van der Waals surface area (Å²) >= 11 is 0. The third-order valence-electron chi connectivity index (χ3n) is 4.86. The van der Waals surface area contributed by atoms with Gasteiger partial charge in [-0.05, 0) is 36.3 Å². The van der Waals surface area contributed by atoms with Gasteiger partial charge in [0.05, 0.1) is 10.6 Å². The van der Waals surface area contributed by atoms with Crippen molar-refractivity contribution in [2.75, 3.05) is 25.4 Å². The van der Waals surface area contributed by atoms with Crippen LogP contribution in [0.2, 0.25) is 0 Å². The Hall–Kier alpha value is -0.870. The predicted molar refractivity (Wildman–Crippen MR) is 75.8 cm³/mol. The van der Waals surface area contributed by atoms with Gasteiger partial charge in [-0.2, -0.15) is 0 Å². The largest absolute Gasteiger partial charge is 0.301 e. The molecular formula is C15H21NO2S. The SMILES string of the molecule is CCC12CC1CN(CCS(=O)(=O)c1ccccc1)C2. The van der Waals surface area contributed by atoms with Gasteiger partial charge in [0.2, 0.25) is 0 Å². The number of hydrogen-bond donors (Lipinski definition) is 0. The quantitative estimate of drug-likeness (QED) is 0.829. The minimum absolute atomic E-state index is 0.240. The summed E-state index contributed by atoms with van der Waals surface area (Å²) in [4.78, 5) is 2.78. The molecule has 4 heteroatoms.